The van der Waals surface area contributed by atoms with Crippen LogP contribution in [0.1, 0.15) is 25.3 Å². The maximum absolute atomic E-state index is 5.63. The van der Waals surface area contributed by atoms with Crippen molar-refractivity contribution < 1.29 is 9.47 Å². The van der Waals surface area contributed by atoms with Crippen molar-refractivity contribution in [2.24, 2.45) is 5.73 Å². The number of rotatable bonds is 11. The second-order valence-corrected chi connectivity index (χ2v) is 4.82. The van der Waals surface area contributed by atoms with E-state index in [0.29, 0.717) is 19.8 Å². The van der Waals surface area contributed by atoms with Crippen LogP contribution in [-0.2, 0) is 16.0 Å². The molecule has 0 amide bonds. The highest BCUT2D eigenvalue weighted by atomic mass is 16.5. The van der Waals surface area contributed by atoms with E-state index in [1.807, 2.05) is 0 Å². The Kier molecular flexibility index (Phi) is 9.04. The van der Waals surface area contributed by atoms with Crippen LogP contribution in [0, 0.1) is 0 Å². The Hall–Kier alpha value is -1.10. The Morgan fingerprint density at radius 3 is 2.40 bits per heavy atom. The molecule has 114 valence electrons. The van der Waals surface area contributed by atoms with Crippen LogP contribution in [-0.4, -0.2) is 40.0 Å². The van der Waals surface area contributed by atoms with Crippen molar-refractivity contribution in [1.29, 1.82) is 0 Å². The first-order chi connectivity index (χ1) is 9.81. The minimum absolute atomic E-state index is 0.599. The van der Waals surface area contributed by atoms with E-state index in [-0.39, 0.29) is 0 Å². The summed E-state index contributed by atoms with van der Waals surface area (Å²) >= 11 is 0. The summed E-state index contributed by atoms with van der Waals surface area (Å²) in [5.74, 6) is 0. The summed E-state index contributed by atoms with van der Waals surface area (Å²) in [4.78, 5) is 2.40. The molecule has 0 atom stereocenters. The molecule has 0 unspecified atom stereocenters. The van der Waals surface area contributed by atoms with Gasteiger partial charge in [-0.1, -0.05) is 19.1 Å². The predicted octanol–water partition coefficient (Wildman–Crippen LogP) is 2.41. The van der Waals surface area contributed by atoms with Crippen LogP contribution >= 0.6 is 0 Å². The maximum atomic E-state index is 5.63. The largest absolute Gasteiger partial charge is 0.382 e. The lowest BCUT2D eigenvalue weighted by molar-refractivity contribution is 0.0700. The fourth-order valence-electron chi connectivity index (χ4n) is 2.08. The van der Waals surface area contributed by atoms with Gasteiger partial charge in [0.2, 0.25) is 0 Å². The van der Waals surface area contributed by atoms with Gasteiger partial charge in [0.05, 0.1) is 13.2 Å². The number of methoxy groups -OCH3 is 1. The van der Waals surface area contributed by atoms with Crippen molar-refractivity contribution in [2.45, 2.75) is 26.3 Å². The summed E-state index contributed by atoms with van der Waals surface area (Å²) in [5.41, 5.74) is 8.07. The van der Waals surface area contributed by atoms with Gasteiger partial charge in [0.15, 0.2) is 0 Å². The first-order valence-electron chi connectivity index (χ1n) is 7.42. The SMILES string of the molecule is CCCN(CCCOCCOC)c1ccc(CN)cc1. The lowest BCUT2D eigenvalue weighted by Gasteiger charge is -2.24. The van der Waals surface area contributed by atoms with Gasteiger partial charge in [-0.05, 0) is 30.5 Å². The minimum atomic E-state index is 0.599. The molecule has 0 bridgehead atoms. The van der Waals surface area contributed by atoms with Gasteiger partial charge in [-0.3, -0.25) is 0 Å². The zero-order valence-electron chi connectivity index (χ0n) is 12.8. The molecule has 0 aromatic heterocycles. The second kappa shape index (κ2) is 10.7. The average Bonchev–Trinajstić information content (AvgIpc) is 2.50. The van der Waals surface area contributed by atoms with Gasteiger partial charge in [-0.25, -0.2) is 0 Å². The molecule has 20 heavy (non-hydrogen) atoms. The van der Waals surface area contributed by atoms with Crippen molar-refractivity contribution in [3.63, 3.8) is 0 Å². The Labute approximate surface area is 122 Å². The lowest BCUT2D eigenvalue weighted by atomic mass is 10.2. The molecule has 0 aliphatic heterocycles. The Bertz CT molecular complexity index is 341. The average molecular weight is 280 g/mol. The van der Waals surface area contributed by atoms with Crippen molar-refractivity contribution in [2.75, 3.05) is 44.9 Å². The molecule has 0 saturated carbocycles. The van der Waals surface area contributed by atoms with Crippen molar-refractivity contribution >= 4 is 5.69 Å². The maximum Gasteiger partial charge on any atom is 0.0700 e. The molecule has 0 fully saturated rings. The number of anilines is 1. The van der Waals surface area contributed by atoms with Crippen molar-refractivity contribution in [3.05, 3.63) is 29.8 Å². The van der Waals surface area contributed by atoms with Crippen molar-refractivity contribution in [1.82, 2.24) is 0 Å². The van der Waals surface area contributed by atoms with Crippen LogP contribution in [0.5, 0.6) is 0 Å². The van der Waals surface area contributed by atoms with E-state index < -0.39 is 0 Å². The molecule has 0 spiro atoms. The van der Waals surface area contributed by atoms with Crippen LogP contribution in [0.15, 0.2) is 24.3 Å². The van der Waals surface area contributed by atoms with Crippen molar-refractivity contribution in [3.8, 4) is 0 Å². The lowest BCUT2D eigenvalue weighted by Crippen LogP contribution is -2.26. The van der Waals surface area contributed by atoms with Gasteiger partial charge in [0, 0.05) is 39.0 Å². The molecule has 4 nitrogen and oxygen atoms in total. The van der Waals surface area contributed by atoms with Gasteiger partial charge in [-0.15, -0.1) is 0 Å². The monoisotopic (exact) mass is 280 g/mol. The molecule has 0 heterocycles. The normalized spacial score (nSPS) is 10.8. The molecule has 0 aliphatic rings. The molecular formula is C16H28N2O2. The summed E-state index contributed by atoms with van der Waals surface area (Å²) in [5, 5.41) is 0. The van der Waals surface area contributed by atoms with E-state index in [0.717, 1.165) is 32.5 Å². The Morgan fingerprint density at radius 1 is 1.05 bits per heavy atom. The number of benzene rings is 1. The Morgan fingerprint density at radius 2 is 1.80 bits per heavy atom. The van der Waals surface area contributed by atoms with Gasteiger partial charge in [-0.2, -0.15) is 0 Å². The number of hydrogen-bond donors (Lipinski definition) is 1. The quantitative estimate of drug-likeness (QED) is 0.632. The topological polar surface area (TPSA) is 47.7 Å². The van der Waals surface area contributed by atoms with Gasteiger partial charge in [0.1, 0.15) is 0 Å². The summed E-state index contributed by atoms with van der Waals surface area (Å²) in [6.07, 6.45) is 2.17. The van der Waals surface area contributed by atoms with Crippen LogP contribution in [0.25, 0.3) is 0 Å². The van der Waals surface area contributed by atoms with Crippen LogP contribution < -0.4 is 10.6 Å². The minimum Gasteiger partial charge on any atom is -0.382 e. The van der Waals surface area contributed by atoms with E-state index in [2.05, 4.69) is 36.1 Å². The van der Waals surface area contributed by atoms with E-state index in [1.165, 1.54) is 11.3 Å². The van der Waals surface area contributed by atoms with Crippen LogP contribution in [0.2, 0.25) is 0 Å². The van der Waals surface area contributed by atoms with Gasteiger partial charge in [0.25, 0.3) is 0 Å². The molecule has 1 rings (SSSR count). The van der Waals surface area contributed by atoms with E-state index in [1.54, 1.807) is 7.11 Å². The molecule has 0 radical (unpaired) electrons. The Balaban J connectivity index is 2.38. The van der Waals surface area contributed by atoms with Gasteiger partial charge >= 0.3 is 0 Å². The highest BCUT2D eigenvalue weighted by Crippen LogP contribution is 2.16. The molecule has 0 aliphatic carbocycles. The predicted molar refractivity (Wildman–Crippen MR) is 84.1 cm³/mol. The first-order valence-corrected chi connectivity index (χ1v) is 7.42. The summed E-state index contributed by atoms with van der Waals surface area (Å²) in [7, 11) is 1.69. The third-order valence-corrected chi connectivity index (χ3v) is 3.18. The van der Waals surface area contributed by atoms with Crippen LogP contribution in [0.3, 0.4) is 0 Å². The van der Waals surface area contributed by atoms with Crippen LogP contribution in [0.4, 0.5) is 5.69 Å². The third kappa shape index (κ3) is 6.37. The molecular weight excluding hydrogens is 252 g/mol. The molecule has 4 heteroatoms. The highest BCUT2D eigenvalue weighted by molar-refractivity contribution is 5.47. The fourth-order valence-corrected chi connectivity index (χ4v) is 2.08. The number of nitrogens with zero attached hydrogens (tertiary/aromatic N) is 1. The second-order valence-electron chi connectivity index (χ2n) is 4.82. The third-order valence-electron chi connectivity index (χ3n) is 3.18. The molecule has 1 aromatic carbocycles. The zero-order chi connectivity index (χ0) is 14.6. The van der Waals surface area contributed by atoms with E-state index in [9.17, 15) is 0 Å². The smallest absolute Gasteiger partial charge is 0.0700 e. The van der Waals surface area contributed by atoms with Gasteiger partial charge < -0.3 is 20.1 Å². The fraction of sp³-hybridized carbons (Fsp3) is 0.625. The molecule has 1 aromatic rings. The zero-order valence-corrected chi connectivity index (χ0v) is 12.8. The van der Waals surface area contributed by atoms with E-state index >= 15 is 0 Å². The summed E-state index contributed by atoms with van der Waals surface area (Å²) in [6.45, 7) is 7.01. The van der Waals surface area contributed by atoms with E-state index in [4.69, 9.17) is 15.2 Å². The molecule has 0 saturated heterocycles. The summed E-state index contributed by atoms with van der Waals surface area (Å²) in [6, 6.07) is 8.52. The number of hydrogen-bond acceptors (Lipinski definition) is 4. The first kappa shape index (κ1) is 17.0. The molecule has 2 N–H and O–H groups in total. The number of nitrogens with two attached hydrogens (primary N) is 1. The standard InChI is InChI=1S/C16H28N2O2/c1-3-9-18(10-4-11-20-13-12-19-2)16-7-5-15(14-17)6-8-16/h5-8H,3-4,9-14,17H2,1-2H3. The summed E-state index contributed by atoms with van der Waals surface area (Å²) < 4.78 is 10.5. The number of ether oxygens (including phenoxy) is 2. The highest BCUT2D eigenvalue weighted by Gasteiger charge is 2.05.